The summed E-state index contributed by atoms with van der Waals surface area (Å²) in [5.74, 6) is 1.76. The first-order chi connectivity index (χ1) is 8.65. The van der Waals surface area contributed by atoms with E-state index in [-0.39, 0.29) is 0 Å². The smallest absolute Gasteiger partial charge is 0.119 e. The van der Waals surface area contributed by atoms with Crippen LogP contribution in [0.25, 0.3) is 0 Å². The molecule has 0 bridgehead atoms. The van der Waals surface area contributed by atoms with Crippen LogP contribution >= 0.6 is 31.9 Å². The van der Waals surface area contributed by atoms with E-state index in [2.05, 4.69) is 31.9 Å². The van der Waals surface area contributed by atoms with Gasteiger partial charge in [0, 0.05) is 8.95 Å². The van der Waals surface area contributed by atoms with Crippen LogP contribution in [0.2, 0.25) is 0 Å². The van der Waals surface area contributed by atoms with Gasteiger partial charge in [0.15, 0.2) is 0 Å². The average Bonchev–Trinajstić information content (AvgIpc) is 2.39. The topological polar surface area (TPSA) is 18.5 Å². The molecule has 0 aliphatic heterocycles. The van der Waals surface area contributed by atoms with Crippen LogP contribution in [0.15, 0.2) is 57.5 Å². The number of methoxy groups -OCH3 is 2. The first-order valence-electron chi connectivity index (χ1n) is 5.25. The van der Waals surface area contributed by atoms with Gasteiger partial charge in [-0.25, -0.2) is 0 Å². The highest BCUT2D eigenvalue weighted by Gasteiger charge is 1.88. The zero-order valence-corrected chi connectivity index (χ0v) is 13.4. The maximum absolute atomic E-state index is 4.96. The Hall–Kier alpha value is -1.00. The Morgan fingerprint density at radius 1 is 0.722 bits per heavy atom. The Morgan fingerprint density at radius 2 is 1.11 bits per heavy atom. The molecule has 2 aromatic carbocycles. The van der Waals surface area contributed by atoms with Crippen molar-refractivity contribution in [3.8, 4) is 11.5 Å². The standard InChI is InChI=1S/2C7H7BrO/c2*1-9-7-4-2-3-6(8)5-7/h2*2-5H,1H3. The predicted octanol–water partition coefficient (Wildman–Crippen LogP) is 4.92. The number of benzene rings is 2. The monoisotopic (exact) mass is 372 g/mol. The van der Waals surface area contributed by atoms with E-state index in [4.69, 9.17) is 9.47 Å². The second-order valence-electron chi connectivity index (χ2n) is 3.32. The van der Waals surface area contributed by atoms with Crippen molar-refractivity contribution in [1.82, 2.24) is 0 Å². The molecule has 2 rings (SSSR count). The molecule has 0 aliphatic carbocycles. The normalized spacial score (nSPS) is 9.11. The molecule has 0 unspecified atom stereocenters. The van der Waals surface area contributed by atoms with Crippen LogP contribution in [0.3, 0.4) is 0 Å². The van der Waals surface area contributed by atoms with E-state index in [1.165, 1.54) is 0 Å². The summed E-state index contributed by atoms with van der Waals surface area (Å²) in [7, 11) is 3.31. The number of halogens is 2. The maximum Gasteiger partial charge on any atom is 0.119 e. The Kier molecular flexibility index (Phi) is 6.83. The molecular formula is C14H14Br2O2. The minimum absolute atomic E-state index is 0.879. The lowest BCUT2D eigenvalue weighted by atomic mass is 10.3. The second kappa shape index (κ2) is 8.16. The van der Waals surface area contributed by atoms with E-state index < -0.39 is 0 Å². The number of ether oxygens (including phenoxy) is 2. The fraction of sp³-hybridized carbons (Fsp3) is 0.143. The van der Waals surface area contributed by atoms with E-state index in [0.29, 0.717) is 0 Å². The van der Waals surface area contributed by atoms with Crippen LogP contribution < -0.4 is 9.47 Å². The molecule has 96 valence electrons. The minimum Gasteiger partial charge on any atom is -0.497 e. The summed E-state index contributed by atoms with van der Waals surface area (Å²) in [5, 5.41) is 0. The molecule has 0 amide bonds. The lowest BCUT2D eigenvalue weighted by Crippen LogP contribution is -1.79. The van der Waals surface area contributed by atoms with E-state index in [0.717, 1.165) is 20.4 Å². The molecule has 0 spiro atoms. The van der Waals surface area contributed by atoms with Gasteiger partial charge < -0.3 is 9.47 Å². The molecule has 0 atom stereocenters. The molecule has 0 fully saturated rings. The maximum atomic E-state index is 4.96. The van der Waals surface area contributed by atoms with Crippen LogP contribution in [-0.2, 0) is 0 Å². The molecule has 0 N–H and O–H groups in total. The fourth-order valence-corrected chi connectivity index (χ4v) is 1.94. The summed E-state index contributed by atoms with van der Waals surface area (Å²) >= 11 is 6.65. The second-order valence-corrected chi connectivity index (χ2v) is 5.15. The molecule has 0 saturated carbocycles. The molecule has 4 heteroatoms. The molecule has 0 saturated heterocycles. The summed E-state index contributed by atoms with van der Waals surface area (Å²) < 4.78 is 12.0. The summed E-state index contributed by atoms with van der Waals surface area (Å²) in [5.41, 5.74) is 0. The molecule has 18 heavy (non-hydrogen) atoms. The fourth-order valence-electron chi connectivity index (χ4n) is 1.19. The van der Waals surface area contributed by atoms with E-state index in [1.807, 2.05) is 48.5 Å². The van der Waals surface area contributed by atoms with E-state index >= 15 is 0 Å². The number of hydrogen-bond donors (Lipinski definition) is 0. The van der Waals surface area contributed by atoms with Gasteiger partial charge in [-0.2, -0.15) is 0 Å². The van der Waals surface area contributed by atoms with E-state index in [9.17, 15) is 0 Å². The zero-order chi connectivity index (χ0) is 13.4. The van der Waals surface area contributed by atoms with Crippen LogP contribution in [0.5, 0.6) is 11.5 Å². The molecule has 0 aliphatic rings. The third-order valence-electron chi connectivity index (χ3n) is 2.06. The first-order valence-corrected chi connectivity index (χ1v) is 6.83. The number of hydrogen-bond acceptors (Lipinski definition) is 2. The largest absolute Gasteiger partial charge is 0.497 e. The van der Waals surface area contributed by atoms with Gasteiger partial charge in [0.25, 0.3) is 0 Å². The Bertz CT molecular complexity index is 441. The molecular weight excluding hydrogens is 360 g/mol. The van der Waals surface area contributed by atoms with Gasteiger partial charge in [0.05, 0.1) is 14.2 Å². The Morgan fingerprint density at radius 3 is 1.33 bits per heavy atom. The summed E-state index contributed by atoms with van der Waals surface area (Å²) in [6, 6.07) is 15.4. The van der Waals surface area contributed by atoms with Crippen molar-refractivity contribution in [1.29, 1.82) is 0 Å². The quantitative estimate of drug-likeness (QED) is 0.744. The zero-order valence-electron chi connectivity index (χ0n) is 10.2. The third-order valence-corrected chi connectivity index (χ3v) is 3.05. The third kappa shape index (κ3) is 5.56. The van der Waals surface area contributed by atoms with Gasteiger partial charge in [0.1, 0.15) is 11.5 Å². The van der Waals surface area contributed by atoms with Gasteiger partial charge in [-0.15, -0.1) is 0 Å². The highest BCUT2D eigenvalue weighted by Crippen LogP contribution is 2.17. The van der Waals surface area contributed by atoms with Crippen molar-refractivity contribution in [2.75, 3.05) is 14.2 Å². The Labute approximate surface area is 124 Å². The summed E-state index contributed by atoms with van der Waals surface area (Å²) in [4.78, 5) is 0. The van der Waals surface area contributed by atoms with E-state index in [1.54, 1.807) is 14.2 Å². The van der Waals surface area contributed by atoms with Crippen LogP contribution in [-0.4, -0.2) is 14.2 Å². The van der Waals surface area contributed by atoms with Crippen molar-refractivity contribution in [3.05, 3.63) is 57.5 Å². The van der Waals surface area contributed by atoms with Crippen molar-refractivity contribution >= 4 is 31.9 Å². The molecule has 2 nitrogen and oxygen atoms in total. The van der Waals surface area contributed by atoms with Crippen molar-refractivity contribution in [2.24, 2.45) is 0 Å². The highest BCUT2D eigenvalue weighted by atomic mass is 79.9. The molecule has 0 heterocycles. The first kappa shape index (κ1) is 15.1. The van der Waals surface area contributed by atoms with Crippen LogP contribution in [0, 0.1) is 0 Å². The van der Waals surface area contributed by atoms with Crippen LogP contribution in [0.4, 0.5) is 0 Å². The Balaban J connectivity index is 0.000000180. The minimum atomic E-state index is 0.879. The molecule has 0 aromatic heterocycles. The molecule has 2 aromatic rings. The average molecular weight is 374 g/mol. The van der Waals surface area contributed by atoms with Gasteiger partial charge in [-0.3, -0.25) is 0 Å². The summed E-state index contributed by atoms with van der Waals surface area (Å²) in [6.07, 6.45) is 0. The predicted molar refractivity (Wildman–Crippen MR) is 81.4 cm³/mol. The van der Waals surface area contributed by atoms with Gasteiger partial charge in [-0.1, -0.05) is 44.0 Å². The SMILES string of the molecule is COc1cccc(Br)c1.COc1cccc(Br)c1. The van der Waals surface area contributed by atoms with Crippen molar-refractivity contribution < 1.29 is 9.47 Å². The number of rotatable bonds is 2. The van der Waals surface area contributed by atoms with Gasteiger partial charge in [-0.05, 0) is 36.4 Å². The van der Waals surface area contributed by atoms with Crippen molar-refractivity contribution in [3.63, 3.8) is 0 Å². The van der Waals surface area contributed by atoms with Gasteiger partial charge >= 0.3 is 0 Å². The summed E-state index contributed by atoms with van der Waals surface area (Å²) in [6.45, 7) is 0. The lowest BCUT2D eigenvalue weighted by molar-refractivity contribution is 0.414. The highest BCUT2D eigenvalue weighted by molar-refractivity contribution is 9.10. The lowest BCUT2D eigenvalue weighted by Gasteiger charge is -1.96. The van der Waals surface area contributed by atoms with Gasteiger partial charge in [0.2, 0.25) is 0 Å². The van der Waals surface area contributed by atoms with Crippen molar-refractivity contribution in [2.45, 2.75) is 0 Å². The molecule has 0 radical (unpaired) electrons. The van der Waals surface area contributed by atoms with Crippen LogP contribution in [0.1, 0.15) is 0 Å².